The van der Waals surface area contributed by atoms with Crippen LogP contribution in [0.4, 0.5) is 0 Å². The van der Waals surface area contributed by atoms with Gasteiger partial charge in [-0.15, -0.1) is 0 Å². The van der Waals surface area contributed by atoms with E-state index in [-0.39, 0.29) is 24.8 Å². The second-order valence-corrected chi connectivity index (χ2v) is 13.1. The molecule has 5 heteroatoms. The largest absolute Gasteiger partial charge is 1.00 e. The van der Waals surface area contributed by atoms with Crippen LogP contribution in [0.5, 0.6) is 0 Å². The number of fused-ring (bicyclic) bond motifs is 1. The molecule has 0 unspecified atom stereocenters. The predicted octanol–water partition coefficient (Wildman–Crippen LogP) is -0.132. The molecule has 1 aromatic carbocycles. The van der Waals surface area contributed by atoms with Crippen molar-refractivity contribution in [3.8, 4) is 0 Å². The Morgan fingerprint density at radius 2 is 1.77 bits per heavy atom. The Morgan fingerprint density at radius 1 is 1.12 bits per heavy atom. The third-order valence-electron chi connectivity index (χ3n) is 4.53. The summed E-state index contributed by atoms with van der Waals surface area (Å²) in [5.41, 5.74) is 8.72. The molecule has 0 amide bonds. The van der Waals surface area contributed by atoms with Crippen molar-refractivity contribution >= 4 is 17.2 Å². The summed E-state index contributed by atoms with van der Waals surface area (Å²) >= 11 is 1.50. The fourth-order valence-electron chi connectivity index (χ4n) is 3.47. The summed E-state index contributed by atoms with van der Waals surface area (Å²) in [6.45, 7) is 9.78. The van der Waals surface area contributed by atoms with E-state index in [0.29, 0.717) is 0 Å². The average Bonchev–Trinajstić information content (AvgIpc) is 3.09. The summed E-state index contributed by atoms with van der Waals surface area (Å²) < 4.78 is 7.60. The molecule has 0 radical (unpaired) electrons. The van der Waals surface area contributed by atoms with Crippen molar-refractivity contribution in [2.45, 2.75) is 39.4 Å². The zero-order valence-corrected chi connectivity index (χ0v) is 20.8. The molecular weight excluding hydrogens is 458 g/mol. The summed E-state index contributed by atoms with van der Waals surface area (Å²) in [6.07, 6.45) is 8.99. The molecule has 0 saturated carbocycles. The van der Waals surface area contributed by atoms with E-state index in [2.05, 4.69) is 69.1 Å². The molecule has 0 atom stereocenters. The summed E-state index contributed by atoms with van der Waals surface area (Å²) in [6, 6.07) is 8.84. The van der Waals surface area contributed by atoms with Crippen molar-refractivity contribution in [3.63, 3.8) is 0 Å². The zero-order chi connectivity index (χ0) is 17.3. The maximum absolute atomic E-state index is 6.09. The van der Waals surface area contributed by atoms with E-state index in [1.54, 1.807) is 0 Å². The van der Waals surface area contributed by atoms with Crippen LogP contribution in [0, 0.1) is 0 Å². The smallest absolute Gasteiger partial charge is 1.00 e. The van der Waals surface area contributed by atoms with Gasteiger partial charge in [-0.1, -0.05) is 0 Å². The Hall–Kier alpha value is -0.180. The van der Waals surface area contributed by atoms with Gasteiger partial charge in [0.25, 0.3) is 0 Å². The number of halogens is 2. The van der Waals surface area contributed by atoms with Gasteiger partial charge in [-0.05, 0) is 0 Å². The van der Waals surface area contributed by atoms with Gasteiger partial charge in [-0.25, -0.2) is 0 Å². The molecule has 1 nitrogen and oxygen atoms in total. The Bertz CT molecular complexity index is 785. The molecule has 0 heterocycles. The quantitative estimate of drug-likeness (QED) is 0.531. The van der Waals surface area contributed by atoms with Crippen LogP contribution in [-0.4, -0.2) is 14.9 Å². The van der Waals surface area contributed by atoms with E-state index in [9.17, 15) is 0 Å². The topological polar surface area (TPSA) is 9.23 Å². The van der Waals surface area contributed by atoms with E-state index in [1.165, 1.54) is 61.4 Å². The van der Waals surface area contributed by atoms with Crippen molar-refractivity contribution in [1.29, 1.82) is 0 Å². The first-order valence-electron chi connectivity index (χ1n) is 8.67. The van der Waals surface area contributed by atoms with Gasteiger partial charge in [-0.3, -0.25) is 0 Å². The maximum atomic E-state index is 6.09. The second-order valence-electron chi connectivity index (χ2n) is 7.32. The van der Waals surface area contributed by atoms with Crippen LogP contribution in [0.2, 0.25) is 19.6 Å². The van der Waals surface area contributed by atoms with Crippen LogP contribution in [0.3, 0.4) is 0 Å². The van der Waals surface area contributed by atoms with Gasteiger partial charge in [-0.2, -0.15) is 0 Å². The Labute approximate surface area is 186 Å². The molecule has 0 saturated heterocycles. The average molecular weight is 484 g/mol. The van der Waals surface area contributed by atoms with Gasteiger partial charge in [0.05, 0.1) is 0 Å². The molecule has 0 aromatic heterocycles. The first-order chi connectivity index (χ1) is 11.4. The van der Waals surface area contributed by atoms with E-state index < -0.39 is 8.32 Å². The van der Waals surface area contributed by atoms with Crippen LogP contribution >= 0.6 is 0 Å². The van der Waals surface area contributed by atoms with Crippen LogP contribution in [0.25, 0.3) is 8.85 Å². The molecule has 0 aliphatic heterocycles. The molecule has 26 heavy (non-hydrogen) atoms. The standard InChI is InChI=1S/C21H25OSi.2ClH.Zr/c1-5-18-20-11-7-6-9-17(20)15-21(18)19-12-8-10-16(19)13-14-22-23(2,3)4;;;/h5-11H,12-14H2,1-4H3;2*1H;/q;;;+2/p-2. The first-order valence-corrected chi connectivity index (χ1v) is 13.3. The minimum Gasteiger partial charge on any atom is -1.00 e. The van der Waals surface area contributed by atoms with Crippen molar-refractivity contribution in [2.24, 2.45) is 0 Å². The Morgan fingerprint density at radius 3 is 2.38 bits per heavy atom. The number of hydrogen-bond donors (Lipinski definition) is 0. The maximum Gasteiger partial charge on any atom is -1.00 e. The second kappa shape index (κ2) is 9.85. The Kier molecular flexibility index (Phi) is 9.03. The van der Waals surface area contributed by atoms with Crippen molar-refractivity contribution < 1.29 is 54.0 Å². The predicted molar refractivity (Wildman–Crippen MR) is 102 cm³/mol. The number of hydrogen-bond acceptors (Lipinski definition) is 1. The molecule has 137 valence electrons. The number of allylic oxidation sites excluding steroid dienone is 6. The monoisotopic (exact) mass is 481 g/mol. The first kappa shape index (κ1) is 23.9. The third kappa shape index (κ3) is 5.00. The molecule has 0 N–H and O–H groups in total. The van der Waals surface area contributed by atoms with E-state index >= 15 is 0 Å². The number of benzene rings is 1. The summed E-state index contributed by atoms with van der Waals surface area (Å²) in [4.78, 5) is 0. The van der Waals surface area contributed by atoms with Crippen molar-refractivity contribution in [1.82, 2.24) is 0 Å². The van der Waals surface area contributed by atoms with Crippen LogP contribution in [0.1, 0.15) is 30.9 Å². The minimum atomic E-state index is -1.43. The van der Waals surface area contributed by atoms with E-state index in [1.807, 2.05) is 0 Å². The Balaban J connectivity index is 0.00000169. The van der Waals surface area contributed by atoms with Crippen LogP contribution < -0.4 is 24.8 Å². The molecule has 0 bridgehead atoms. The van der Waals surface area contributed by atoms with Crippen molar-refractivity contribution in [3.05, 3.63) is 70.3 Å². The molecule has 3 rings (SSSR count). The van der Waals surface area contributed by atoms with Crippen molar-refractivity contribution in [2.75, 3.05) is 6.61 Å². The van der Waals surface area contributed by atoms with Gasteiger partial charge in [0, 0.05) is 0 Å². The normalized spacial score (nSPS) is 17.5. The summed E-state index contributed by atoms with van der Waals surface area (Å²) in [7, 11) is -1.43. The van der Waals surface area contributed by atoms with Gasteiger partial charge in [0.2, 0.25) is 0 Å². The van der Waals surface area contributed by atoms with Crippen LogP contribution in [-0.2, 0) is 29.1 Å². The fourth-order valence-corrected chi connectivity index (χ4v) is 5.42. The molecule has 1 aromatic rings. The summed E-state index contributed by atoms with van der Waals surface area (Å²) in [5, 5.41) is 0. The molecule has 0 spiro atoms. The van der Waals surface area contributed by atoms with E-state index in [0.717, 1.165) is 19.4 Å². The van der Waals surface area contributed by atoms with Gasteiger partial charge < -0.3 is 24.8 Å². The van der Waals surface area contributed by atoms with Gasteiger partial charge in [0.15, 0.2) is 0 Å². The van der Waals surface area contributed by atoms with Crippen LogP contribution in [0.15, 0.2) is 59.2 Å². The molecule has 2 aliphatic carbocycles. The minimum absolute atomic E-state index is 0. The van der Waals surface area contributed by atoms with E-state index in [4.69, 9.17) is 4.43 Å². The SMILES string of the molecule is CC=C1C(C2=C(CCO[Si](C)(C)C)C=CC2)=[C]([Zr+2])c2ccccc21.[Cl-].[Cl-]. The fraction of sp³-hybridized carbons (Fsp3) is 0.333. The van der Waals surface area contributed by atoms with Gasteiger partial charge >= 0.3 is 163 Å². The molecular formula is C21H25Cl2OSiZr. The third-order valence-corrected chi connectivity index (χ3v) is 6.88. The number of rotatable bonds is 5. The zero-order valence-electron chi connectivity index (χ0n) is 15.8. The van der Waals surface area contributed by atoms with Gasteiger partial charge in [0.1, 0.15) is 0 Å². The molecule has 2 aliphatic rings. The summed E-state index contributed by atoms with van der Waals surface area (Å²) in [5.74, 6) is 0. The molecule has 0 fully saturated rings.